The summed E-state index contributed by atoms with van der Waals surface area (Å²) >= 11 is 0. The molecule has 0 fully saturated rings. The lowest BCUT2D eigenvalue weighted by atomic mass is 10.1. The maximum absolute atomic E-state index is 11.7. The Balaban J connectivity index is 0.00000154. The van der Waals surface area contributed by atoms with Crippen LogP contribution in [0, 0.1) is 11.3 Å². The summed E-state index contributed by atoms with van der Waals surface area (Å²) in [6, 6.07) is 11.1. The molecule has 0 aliphatic rings. The van der Waals surface area contributed by atoms with Gasteiger partial charge in [0.15, 0.2) is 6.10 Å². The van der Waals surface area contributed by atoms with Crippen molar-refractivity contribution in [2.75, 3.05) is 0 Å². The zero-order valence-corrected chi connectivity index (χ0v) is 12.2. The number of hydrogen-bond donors (Lipinski definition) is 1. The topological polar surface area (TPSA) is 62.1 Å². The van der Waals surface area contributed by atoms with E-state index in [-0.39, 0.29) is 5.91 Å². The van der Waals surface area contributed by atoms with Gasteiger partial charge >= 0.3 is 0 Å². The monoisotopic (exact) mass is 262 g/mol. The van der Waals surface area contributed by atoms with Gasteiger partial charge in [0.1, 0.15) is 11.3 Å². The minimum absolute atomic E-state index is 0.305. The summed E-state index contributed by atoms with van der Waals surface area (Å²) in [5.74, 6) is 0.324. The number of rotatable bonds is 4. The summed E-state index contributed by atoms with van der Waals surface area (Å²) in [4.78, 5) is 11.7. The fourth-order valence-corrected chi connectivity index (χ4v) is 1.19. The molecule has 4 heteroatoms. The molecule has 0 bridgehead atoms. The molecule has 0 saturated carbocycles. The van der Waals surface area contributed by atoms with Crippen molar-refractivity contribution in [2.45, 2.75) is 46.3 Å². The third kappa shape index (κ3) is 6.46. The van der Waals surface area contributed by atoms with Crippen molar-refractivity contribution >= 4 is 5.91 Å². The van der Waals surface area contributed by atoms with Gasteiger partial charge in [0.25, 0.3) is 5.91 Å². The molecule has 0 saturated heterocycles. The number of para-hydroxylation sites is 1. The fourth-order valence-electron chi connectivity index (χ4n) is 1.19. The zero-order chi connectivity index (χ0) is 14.9. The predicted molar refractivity (Wildman–Crippen MR) is 75.7 cm³/mol. The van der Waals surface area contributed by atoms with Gasteiger partial charge in [0.05, 0.1) is 6.07 Å². The second-order valence-corrected chi connectivity index (χ2v) is 4.30. The molecular weight excluding hydrogens is 240 g/mol. The Labute approximate surface area is 115 Å². The quantitative estimate of drug-likeness (QED) is 0.907. The van der Waals surface area contributed by atoms with E-state index in [1.54, 1.807) is 32.9 Å². The van der Waals surface area contributed by atoms with E-state index in [0.29, 0.717) is 5.75 Å². The maximum atomic E-state index is 11.7. The van der Waals surface area contributed by atoms with Crippen molar-refractivity contribution in [1.29, 1.82) is 5.26 Å². The highest BCUT2D eigenvalue weighted by Gasteiger charge is 2.23. The molecule has 0 aliphatic carbocycles. The molecule has 4 nitrogen and oxygen atoms in total. The SMILES string of the molecule is CC.CC(Oc1ccccc1)C(=O)NC(C)(C)C#N. The number of benzene rings is 1. The van der Waals surface area contributed by atoms with Crippen LogP contribution >= 0.6 is 0 Å². The number of carbonyl (C=O) groups excluding carboxylic acids is 1. The van der Waals surface area contributed by atoms with Crippen LogP contribution in [0.15, 0.2) is 30.3 Å². The summed E-state index contributed by atoms with van der Waals surface area (Å²) in [7, 11) is 0. The third-order valence-electron chi connectivity index (χ3n) is 2.14. The van der Waals surface area contributed by atoms with Gasteiger partial charge in [-0.05, 0) is 32.9 Å². The van der Waals surface area contributed by atoms with E-state index >= 15 is 0 Å². The van der Waals surface area contributed by atoms with E-state index in [4.69, 9.17) is 10.00 Å². The molecule has 1 unspecified atom stereocenters. The highest BCUT2D eigenvalue weighted by Crippen LogP contribution is 2.11. The molecule has 1 N–H and O–H groups in total. The van der Waals surface area contributed by atoms with E-state index in [9.17, 15) is 4.79 Å². The Morgan fingerprint density at radius 1 is 1.32 bits per heavy atom. The summed E-state index contributed by atoms with van der Waals surface area (Å²) in [5, 5.41) is 11.4. The Morgan fingerprint density at radius 2 is 1.84 bits per heavy atom. The van der Waals surface area contributed by atoms with Crippen LogP contribution in [0.3, 0.4) is 0 Å². The lowest BCUT2D eigenvalue weighted by Gasteiger charge is -2.21. The number of carbonyl (C=O) groups is 1. The van der Waals surface area contributed by atoms with Crippen LogP contribution in [-0.4, -0.2) is 17.6 Å². The molecule has 0 heterocycles. The summed E-state index contributed by atoms with van der Waals surface area (Å²) in [6.45, 7) is 8.93. The highest BCUT2D eigenvalue weighted by atomic mass is 16.5. The summed E-state index contributed by atoms with van der Waals surface area (Å²) < 4.78 is 5.45. The lowest BCUT2D eigenvalue weighted by Crippen LogP contribution is -2.47. The first kappa shape index (κ1) is 17.0. The van der Waals surface area contributed by atoms with E-state index in [2.05, 4.69) is 5.32 Å². The molecule has 1 amide bonds. The summed E-state index contributed by atoms with van der Waals surface area (Å²) in [5.41, 5.74) is -0.884. The number of nitrogens with zero attached hydrogens (tertiary/aromatic N) is 1. The number of nitrogens with one attached hydrogen (secondary N) is 1. The van der Waals surface area contributed by atoms with Crippen LogP contribution in [-0.2, 0) is 4.79 Å². The standard InChI is InChI=1S/C13H16N2O2.C2H6/c1-10(12(16)15-13(2,3)9-14)17-11-7-5-4-6-8-11;1-2/h4-8,10H,1-3H3,(H,15,16);1-2H3. The molecule has 1 rings (SSSR count). The zero-order valence-electron chi connectivity index (χ0n) is 12.2. The molecule has 104 valence electrons. The molecule has 0 radical (unpaired) electrons. The summed E-state index contributed by atoms with van der Waals surface area (Å²) in [6.07, 6.45) is -0.634. The van der Waals surface area contributed by atoms with E-state index in [0.717, 1.165) is 0 Å². The van der Waals surface area contributed by atoms with Crippen molar-refractivity contribution in [1.82, 2.24) is 5.32 Å². The molecule has 0 aromatic heterocycles. The van der Waals surface area contributed by atoms with Crippen LogP contribution < -0.4 is 10.1 Å². The normalized spacial score (nSPS) is 11.4. The average molecular weight is 262 g/mol. The third-order valence-corrected chi connectivity index (χ3v) is 2.14. The Hall–Kier alpha value is -2.02. The molecule has 0 spiro atoms. The van der Waals surface area contributed by atoms with E-state index < -0.39 is 11.6 Å². The van der Waals surface area contributed by atoms with Gasteiger partial charge in [-0.2, -0.15) is 5.26 Å². The molecule has 1 aromatic carbocycles. The second kappa shape index (κ2) is 8.15. The second-order valence-electron chi connectivity index (χ2n) is 4.30. The Morgan fingerprint density at radius 3 is 2.32 bits per heavy atom. The van der Waals surface area contributed by atoms with E-state index in [1.165, 1.54) is 0 Å². The highest BCUT2D eigenvalue weighted by molar-refractivity contribution is 5.81. The Kier molecular flexibility index (Phi) is 7.28. The number of hydrogen-bond acceptors (Lipinski definition) is 3. The van der Waals surface area contributed by atoms with Crippen LogP contribution in [0.2, 0.25) is 0 Å². The molecule has 0 aliphatic heterocycles. The smallest absolute Gasteiger partial charge is 0.262 e. The molecule has 1 atom stereocenters. The van der Waals surface area contributed by atoms with Gasteiger partial charge in [0, 0.05) is 0 Å². The first-order valence-corrected chi connectivity index (χ1v) is 6.39. The minimum atomic E-state index is -0.884. The number of amides is 1. The van der Waals surface area contributed by atoms with Gasteiger partial charge in [-0.15, -0.1) is 0 Å². The Bertz CT molecular complexity index is 422. The minimum Gasteiger partial charge on any atom is -0.481 e. The van der Waals surface area contributed by atoms with Crippen LogP contribution in [0.1, 0.15) is 34.6 Å². The molecule has 1 aromatic rings. The van der Waals surface area contributed by atoms with Crippen molar-refractivity contribution in [3.8, 4) is 11.8 Å². The van der Waals surface area contributed by atoms with Gasteiger partial charge < -0.3 is 10.1 Å². The van der Waals surface area contributed by atoms with Gasteiger partial charge in [-0.25, -0.2) is 0 Å². The van der Waals surface area contributed by atoms with Gasteiger partial charge in [-0.3, -0.25) is 4.79 Å². The van der Waals surface area contributed by atoms with Crippen molar-refractivity contribution in [3.05, 3.63) is 30.3 Å². The van der Waals surface area contributed by atoms with E-state index in [1.807, 2.05) is 38.1 Å². The largest absolute Gasteiger partial charge is 0.481 e. The molecular formula is C15H22N2O2. The van der Waals surface area contributed by atoms with Gasteiger partial charge in [0.2, 0.25) is 0 Å². The van der Waals surface area contributed by atoms with Crippen LogP contribution in [0.5, 0.6) is 5.75 Å². The van der Waals surface area contributed by atoms with Crippen molar-refractivity contribution < 1.29 is 9.53 Å². The first-order valence-electron chi connectivity index (χ1n) is 6.39. The molecule has 19 heavy (non-hydrogen) atoms. The van der Waals surface area contributed by atoms with Crippen LogP contribution in [0.25, 0.3) is 0 Å². The van der Waals surface area contributed by atoms with Crippen molar-refractivity contribution in [2.24, 2.45) is 0 Å². The van der Waals surface area contributed by atoms with Crippen LogP contribution in [0.4, 0.5) is 0 Å². The van der Waals surface area contributed by atoms with Crippen molar-refractivity contribution in [3.63, 3.8) is 0 Å². The maximum Gasteiger partial charge on any atom is 0.262 e. The fraction of sp³-hybridized carbons (Fsp3) is 0.467. The van der Waals surface area contributed by atoms with Gasteiger partial charge in [-0.1, -0.05) is 32.0 Å². The average Bonchev–Trinajstić information content (AvgIpc) is 2.41. The number of ether oxygens (including phenoxy) is 1. The first-order chi connectivity index (χ1) is 8.94. The number of nitriles is 1. The predicted octanol–water partition coefficient (Wildman–Crippen LogP) is 2.90. The lowest BCUT2D eigenvalue weighted by molar-refractivity contribution is -0.128.